The number of nitrogens with one attached hydrogen (secondary N) is 3. The molecule has 2 bridgehead atoms. The number of aliphatic hydroxyl groups is 2. The second-order valence-electron chi connectivity index (χ2n) is 16.1. The molecule has 2 aliphatic heterocycles. The predicted molar refractivity (Wildman–Crippen MR) is 257 cm³/mol. The fourth-order valence-corrected chi connectivity index (χ4v) is 12.2. The van der Waals surface area contributed by atoms with Crippen LogP contribution in [0.3, 0.4) is 0 Å². The van der Waals surface area contributed by atoms with Crippen LogP contribution in [0.15, 0.2) is 65.5 Å². The molecule has 6 N–H and O–H groups in total. The van der Waals surface area contributed by atoms with Crippen LogP contribution >= 0.6 is 43.2 Å². The summed E-state index contributed by atoms with van der Waals surface area (Å²) in [6.07, 6.45) is -0.292. The zero-order chi connectivity index (χ0) is 47.3. The SMILES string of the molecule is COC(=O)NC1=C2/C(=C\CSSSC)[C@](O)(C#C/C=C\C#C[C@@H]2O[C@@H]2O[C@H](C)[C@@](SC)(C(=O)c3nccc4c3[nH]c3ccc(O)cc34)[C@H](O)[C@H]2O[C@H]2C[C@H](OC)[C@@H](NC(C)C)CO2)CC1=O. The molecule has 0 radical (unpaired) electrons. The number of phenolic OH excluding ortho intramolecular Hbond substituents is 1. The van der Waals surface area contributed by atoms with Crippen LogP contribution in [-0.4, -0.2) is 148 Å². The van der Waals surface area contributed by atoms with E-state index >= 15 is 4.79 Å². The van der Waals surface area contributed by atoms with Gasteiger partial charge in [-0.05, 0) is 65.7 Å². The molecule has 0 spiro atoms. The number of pyridine rings is 1. The number of Topliss-reactive ketones (excluding diaryl/α,β-unsaturated/α-hetero) is 2. The number of alkyl carbamates (subject to hydrolysis) is 1. The van der Waals surface area contributed by atoms with E-state index in [-0.39, 0.29) is 59.5 Å². The van der Waals surface area contributed by atoms with Crippen LogP contribution in [-0.2, 0) is 33.2 Å². The van der Waals surface area contributed by atoms with Crippen LogP contribution in [0.4, 0.5) is 4.79 Å². The van der Waals surface area contributed by atoms with Crippen LogP contribution in [0.2, 0.25) is 0 Å². The molecular formula is C46H52N4O12S4. The number of aromatic nitrogens is 2. The van der Waals surface area contributed by atoms with Gasteiger partial charge in [0.05, 0.1) is 49.6 Å². The molecule has 352 valence electrons. The predicted octanol–water partition coefficient (Wildman–Crippen LogP) is 5.19. The summed E-state index contributed by atoms with van der Waals surface area (Å²) in [7, 11) is 7.24. The molecule has 2 fully saturated rings. The number of allylic oxidation sites excluding steroid dienone is 3. The van der Waals surface area contributed by atoms with Crippen molar-refractivity contribution in [1.82, 2.24) is 20.6 Å². The Morgan fingerprint density at radius 3 is 2.65 bits per heavy atom. The van der Waals surface area contributed by atoms with Crippen LogP contribution in [0, 0.1) is 23.7 Å². The molecule has 1 amide bonds. The second-order valence-corrected chi connectivity index (χ2v) is 21.5. The number of ether oxygens (including phenoxy) is 6. The van der Waals surface area contributed by atoms with Gasteiger partial charge in [-0.1, -0.05) is 65.2 Å². The highest BCUT2D eigenvalue weighted by Gasteiger charge is 2.61. The quantitative estimate of drug-likeness (QED) is 0.0500. The lowest BCUT2D eigenvalue weighted by molar-refractivity contribution is -0.323. The number of hydrogen-bond acceptors (Lipinski definition) is 18. The van der Waals surface area contributed by atoms with E-state index < -0.39 is 71.4 Å². The number of fused-ring (bicyclic) bond motifs is 5. The van der Waals surface area contributed by atoms with Crippen LogP contribution in [0.25, 0.3) is 21.8 Å². The van der Waals surface area contributed by atoms with Gasteiger partial charge in [0, 0.05) is 59.0 Å². The van der Waals surface area contributed by atoms with E-state index in [0.717, 1.165) is 18.9 Å². The van der Waals surface area contributed by atoms with E-state index in [0.29, 0.717) is 27.6 Å². The molecule has 16 nitrogen and oxygen atoms in total. The minimum Gasteiger partial charge on any atom is -0.508 e. The monoisotopic (exact) mass is 980 g/mol. The third-order valence-corrected chi connectivity index (χ3v) is 16.9. The summed E-state index contributed by atoms with van der Waals surface area (Å²) >= 11 is 1.06. The Hall–Kier alpha value is -4.00. The number of benzene rings is 1. The van der Waals surface area contributed by atoms with Crippen LogP contribution in [0.5, 0.6) is 5.75 Å². The highest BCUT2D eigenvalue weighted by atomic mass is 33.5. The molecule has 66 heavy (non-hydrogen) atoms. The summed E-state index contributed by atoms with van der Waals surface area (Å²) in [5, 5.41) is 42.8. The summed E-state index contributed by atoms with van der Waals surface area (Å²) in [6.45, 7) is 5.83. The van der Waals surface area contributed by atoms with Gasteiger partial charge in [0.2, 0.25) is 5.78 Å². The molecule has 2 aliphatic carbocycles. The number of ketones is 2. The maximum absolute atomic E-state index is 15.3. The molecule has 4 aliphatic rings. The summed E-state index contributed by atoms with van der Waals surface area (Å²) in [5.74, 6) is 10.7. The van der Waals surface area contributed by atoms with Gasteiger partial charge in [-0.2, -0.15) is 0 Å². The normalized spacial score (nSPS) is 31.0. The molecule has 3 aromatic rings. The average molecular weight is 981 g/mol. The van der Waals surface area contributed by atoms with Crippen molar-refractivity contribution in [3.63, 3.8) is 0 Å². The van der Waals surface area contributed by atoms with Gasteiger partial charge < -0.3 is 54.0 Å². The fraction of sp³-hybridized carbons (Fsp3) is 0.478. The number of phenols is 1. The summed E-state index contributed by atoms with van der Waals surface area (Å²) in [6, 6.07) is 6.49. The van der Waals surface area contributed by atoms with Gasteiger partial charge in [0.15, 0.2) is 24.0 Å². The fourth-order valence-electron chi connectivity index (χ4n) is 8.73. The number of thioether (sulfide) groups is 1. The van der Waals surface area contributed by atoms with Crippen molar-refractivity contribution in [2.45, 2.75) is 99.1 Å². The maximum Gasteiger partial charge on any atom is 0.411 e. The molecule has 0 saturated carbocycles. The van der Waals surface area contributed by atoms with E-state index in [1.54, 1.807) is 44.6 Å². The Labute approximate surface area is 398 Å². The molecule has 4 heterocycles. The summed E-state index contributed by atoms with van der Waals surface area (Å²) in [4.78, 5) is 50.1. The lowest BCUT2D eigenvalue weighted by Crippen LogP contribution is -2.69. The van der Waals surface area contributed by atoms with Crippen molar-refractivity contribution in [2.75, 3.05) is 39.1 Å². The number of hydrogen-bond donors (Lipinski definition) is 6. The lowest BCUT2D eigenvalue weighted by Gasteiger charge is -2.51. The number of H-pyrrole nitrogens is 1. The molecule has 0 unspecified atom stereocenters. The summed E-state index contributed by atoms with van der Waals surface area (Å²) < 4.78 is 35.5. The van der Waals surface area contributed by atoms with Gasteiger partial charge >= 0.3 is 6.09 Å². The molecule has 20 heteroatoms. The Kier molecular flexibility index (Phi) is 16.3. The zero-order valence-corrected chi connectivity index (χ0v) is 40.5. The van der Waals surface area contributed by atoms with Gasteiger partial charge in [0.1, 0.15) is 34.5 Å². The number of rotatable bonds is 15. The van der Waals surface area contributed by atoms with E-state index in [1.165, 1.54) is 55.8 Å². The van der Waals surface area contributed by atoms with Crippen molar-refractivity contribution in [1.29, 1.82) is 0 Å². The number of aromatic hydroxyl groups is 1. The standard InChI is InChI=1S/C46H52N4O12S4/c1-24(2)48-31-23-59-35(21-34(31)57-4)62-40-42(54)46(63-6,41(53)39-37-27(15-18-47-39)28-20-26(51)13-14-30(28)49-37)25(3)60-43(40)61-33-12-10-8-9-11-17-45(56)22-32(52)38(50-44(55)58-5)36(33)29(45)16-19-65-66-64-7/h8-9,13-16,18,20,24-25,31,33-35,40,42-43,48-49,51,54,56H,19,21-23H2,1-7H3,(H,50,55)/b9-8-,29-16+/t25-,31+,33+,34+,35+,40-,42-,43+,45+,46-/m1/s1. The average Bonchev–Trinajstić information content (AvgIpc) is 3.66. The maximum atomic E-state index is 15.3. The first kappa shape index (κ1) is 49.9. The van der Waals surface area contributed by atoms with Crippen molar-refractivity contribution in [3.8, 4) is 29.4 Å². The topological polar surface area (TPSA) is 220 Å². The molecule has 2 aromatic heterocycles. The molecule has 1 aromatic carbocycles. The number of aromatic amines is 1. The van der Waals surface area contributed by atoms with Gasteiger partial charge in [-0.15, -0.1) is 11.8 Å². The van der Waals surface area contributed by atoms with Crippen molar-refractivity contribution in [3.05, 3.63) is 71.2 Å². The number of aliphatic hydroxyl groups excluding tert-OH is 1. The van der Waals surface area contributed by atoms with E-state index in [2.05, 4.69) is 44.3 Å². The first-order valence-corrected chi connectivity index (χ1v) is 26.3. The number of methoxy groups -OCH3 is 2. The second kappa shape index (κ2) is 21.5. The number of nitrogens with zero attached hydrogens (tertiary/aromatic N) is 1. The molecule has 7 rings (SSSR count). The minimum absolute atomic E-state index is 0.00929. The largest absolute Gasteiger partial charge is 0.508 e. The van der Waals surface area contributed by atoms with Crippen molar-refractivity contribution >= 4 is 82.6 Å². The first-order valence-electron chi connectivity index (χ1n) is 21.0. The lowest BCUT2D eigenvalue weighted by atomic mass is 9.75. The van der Waals surface area contributed by atoms with Gasteiger partial charge in [0.25, 0.3) is 0 Å². The van der Waals surface area contributed by atoms with Gasteiger partial charge in [-0.3, -0.25) is 19.9 Å². The highest BCUT2D eigenvalue weighted by molar-refractivity contribution is 9.09. The first-order chi connectivity index (χ1) is 31.7. The molecular weight excluding hydrogens is 929 g/mol. The van der Waals surface area contributed by atoms with Crippen molar-refractivity contribution in [2.24, 2.45) is 0 Å². The Morgan fingerprint density at radius 1 is 1.14 bits per heavy atom. The zero-order valence-electron chi connectivity index (χ0n) is 37.2. The van der Waals surface area contributed by atoms with Crippen LogP contribution in [0.1, 0.15) is 44.1 Å². The molecule has 2 saturated heterocycles. The third kappa shape index (κ3) is 10.1. The smallest absolute Gasteiger partial charge is 0.411 e. The highest BCUT2D eigenvalue weighted by Crippen LogP contribution is 2.47. The summed E-state index contributed by atoms with van der Waals surface area (Å²) in [5.41, 5.74) is -1.07. The Balaban J connectivity index is 1.35. The minimum atomic E-state index is -2.04. The van der Waals surface area contributed by atoms with E-state index in [4.69, 9.17) is 28.4 Å². The molecule has 10 atom stereocenters. The van der Waals surface area contributed by atoms with E-state index in [1.807, 2.05) is 20.1 Å². The Morgan fingerprint density at radius 2 is 1.92 bits per heavy atom. The number of carbonyl (C=O) groups excluding carboxylic acids is 3. The van der Waals surface area contributed by atoms with Crippen molar-refractivity contribution < 1.29 is 58.1 Å². The van der Waals surface area contributed by atoms with Gasteiger partial charge in [-0.25, -0.2) is 4.79 Å². The van der Waals surface area contributed by atoms with E-state index in [9.17, 15) is 24.9 Å². The third-order valence-electron chi connectivity index (χ3n) is 11.7. The Bertz CT molecular complexity index is 2560. The number of amides is 1. The number of carbonyl (C=O) groups is 3. The van der Waals surface area contributed by atoms with Crippen LogP contribution < -0.4 is 10.6 Å².